The Morgan fingerprint density at radius 1 is 0.765 bits per heavy atom. The lowest BCUT2D eigenvalue weighted by Crippen LogP contribution is -2.59. The molecule has 0 saturated heterocycles. The molecular formula is C10H28O4Si3. The molecule has 0 atom stereocenters. The molecule has 0 unspecified atom stereocenters. The summed E-state index contributed by atoms with van der Waals surface area (Å²) in [7, 11) is -7.35. The molecule has 0 amide bonds. The molecule has 0 aliphatic carbocycles. The van der Waals surface area contributed by atoms with E-state index in [1.54, 1.807) is 0 Å². The Morgan fingerprint density at radius 3 is 1.24 bits per heavy atom. The maximum Gasteiger partial charge on any atom is 0.655 e. The van der Waals surface area contributed by atoms with Gasteiger partial charge in [0, 0.05) is 0 Å². The first-order valence-electron chi connectivity index (χ1n) is 5.95. The lowest BCUT2D eigenvalue weighted by atomic mass is 10.2. The van der Waals surface area contributed by atoms with E-state index in [1.807, 2.05) is 60.1 Å². The maximum atomic E-state index is 10.6. The minimum Gasteiger partial charge on any atom is -0.395 e. The van der Waals surface area contributed by atoms with Crippen molar-refractivity contribution in [2.45, 2.75) is 65.7 Å². The van der Waals surface area contributed by atoms with E-state index in [-0.39, 0.29) is 0 Å². The van der Waals surface area contributed by atoms with E-state index in [4.69, 9.17) is 12.7 Å². The van der Waals surface area contributed by atoms with Crippen molar-refractivity contribution >= 4 is 25.7 Å². The summed E-state index contributed by atoms with van der Waals surface area (Å²) in [5.74, 6) is 0. The largest absolute Gasteiger partial charge is 0.655 e. The van der Waals surface area contributed by atoms with Gasteiger partial charge in [0.25, 0.3) is 0 Å². The fraction of sp³-hybridized carbons (Fsp3) is 1.00. The van der Waals surface area contributed by atoms with Crippen molar-refractivity contribution < 1.29 is 17.5 Å². The molecule has 0 saturated carbocycles. The van der Waals surface area contributed by atoms with Crippen molar-refractivity contribution in [3.8, 4) is 0 Å². The van der Waals surface area contributed by atoms with Crippen LogP contribution in [0.5, 0.6) is 0 Å². The van der Waals surface area contributed by atoms with Crippen LogP contribution in [0.1, 0.15) is 20.8 Å². The van der Waals surface area contributed by atoms with Crippen LogP contribution >= 0.6 is 0 Å². The summed E-state index contributed by atoms with van der Waals surface area (Å²) in [6, 6.07) is 0. The molecule has 0 aromatic heterocycles. The third-order valence-corrected chi connectivity index (χ3v) is 9.14. The van der Waals surface area contributed by atoms with Crippen LogP contribution in [0, 0.1) is 0 Å². The zero-order chi connectivity index (χ0) is 14.1. The predicted molar refractivity (Wildman–Crippen MR) is 77.7 cm³/mol. The second-order valence-electron chi connectivity index (χ2n) is 7.17. The number of hydrogen-bond donors (Lipinski definition) is 1. The van der Waals surface area contributed by atoms with Crippen LogP contribution in [0.15, 0.2) is 0 Å². The molecule has 0 bridgehead atoms. The standard InChI is InChI=1S/C10H28O4Si3/c1-10(2,3)12-17(11,13-15(4,5)6)14-16(7,8)9/h11H,1-9H3. The van der Waals surface area contributed by atoms with Gasteiger partial charge in [-0.25, -0.2) is 0 Å². The van der Waals surface area contributed by atoms with Gasteiger partial charge in [-0.1, -0.05) is 0 Å². The molecular weight excluding hydrogens is 268 g/mol. The van der Waals surface area contributed by atoms with Crippen LogP contribution in [-0.2, 0) is 12.7 Å². The van der Waals surface area contributed by atoms with Crippen LogP contribution in [0.2, 0.25) is 39.3 Å². The molecule has 4 nitrogen and oxygen atoms in total. The van der Waals surface area contributed by atoms with Gasteiger partial charge in [-0.05, 0) is 60.1 Å². The maximum absolute atomic E-state index is 10.6. The first kappa shape index (κ1) is 17.5. The summed E-state index contributed by atoms with van der Waals surface area (Å²) in [6.45, 7) is 17.8. The molecule has 1 N–H and O–H groups in total. The molecule has 0 rings (SSSR count). The van der Waals surface area contributed by atoms with E-state index in [1.165, 1.54) is 0 Å². The second kappa shape index (κ2) is 5.24. The normalized spacial score (nSPS) is 15.2. The molecule has 0 spiro atoms. The summed E-state index contributed by atoms with van der Waals surface area (Å²) in [5, 5.41) is 0. The molecule has 0 heterocycles. The van der Waals surface area contributed by atoms with E-state index in [0.29, 0.717) is 0 Å². The first-order chi connectivity index (χ1) is 7.12. The summed E-state index contributed by atoms with van der Waals surface area (Å²) in [4.78, 5) is 10.6. The van der Waals surface area contributed by atoms with Gasteiger partial charge < -0.3 is 17.5 Å². The Hall–Kier alpha value is 0.491. The molecule has 7 heteroatoms. The molecule has 0 aromatic rings. The molecule has 0 aliphatic rings. The lowest BCUT2D eigenvalue weighted by molar-refractivity contribution is -0.00253. The van der Waals surface area contributed by atoms with Gasteiger partial charge in [0.1, 0.15) is 0 Å². The van der Waals surface area contributed by atoms with Gasteiger partial charge >= 0.3 is 9.05 Å². The second-order valence-corrected chi connectivity index (χ2v) is 18.5. The molecule has 0 radical (unpaired) electrons. The van der Waals surface area contributed by atoms with Crippen LogP contribution in [-0.4, -0.2) is 36.1 Å². The van der Waals surface area contributed by atoms with Gasteiger partial charge in [-0.15, -0.1) is 0 Å². The third kappa shape index (κ3) is 10.1. The minimum absolute atomic E-state index is 0.472. The highest BCUT2D eigenvalue weighted by Crippen LogP contribution is 2.24. The minimum atomic E-state index is -3.53. The Labute approximate surface area is 109 Å². The first-order valence-corrected chi connectivity index (χ1v) is 14.4. The number of rotatable bonds is 5. The van der Waals surface area contributed by atoms with Crippen molar-refractivity contribution in [1.29, 1.82) is 0 Å². The fourth-order valence-electron chi connectivity index (χ4n) is 1.22. The SMILES string of the molecule is CC(C)(C)O[Si](O)(O[Si](C)(C)C)O[Si](C)(C)C. The summed E-state index contributed by atoms with van der Waals surface area (Å²) in [6.07, 6.45) is 0. The van der Waals surface area contributed by atoms with E-state index < -0.39 is 31.3 Å². The Morgan fingerprint density at radius 2 is 1.06 bits per heavy atom. The van der Waals surface area contributed by atoms with Gasteiger partial charge in [0.2, 0.25) is 0 Å². The highest BCUT2D eigenvalue weighted by molar-refractivity contribution is 6.83. The molecule has 17 heavy (non-hydrogen) atoms. The average Bonchev–Trinajstić information content (AvgIpc) is 1.65. The molecule has 104 valence electrons. The Balaban J connectivity index is 4.95. The quantitative estimate of drug-likeness (QED) is 0.793. The van der Waals surface area contributed by atoms with Crippen LogP contribution in [0.25, 0.3) is 0 Å². The molecule has 0 aliphatic heterocycles. The van der Waals surface area contributed by atoms with E-state index in [2.05, 4.69) is 0 Å². The highest BCUT2D eigenvalue weighted by Gasteiger charge is 2.50. The van der Waals surface area contributed by atoms with Crippen LogP contribution in [0.4, 0.5) is 0 Å². The zero-order valence-corrected chi connectivity index (χ0v) is 15.7. The number of hydrogen-bond acceptors (Lipinski definition) is 4. The monoisotopic (exact) mass is 296 g/mol. The Kier molecular flexibility index (Phi) is 5.39. The van der Waals surface area contributed by atoms with Crippen molar-refractivity contribution in [3.05, 3.63) is 0 Å². The van der Waals surface area contributed by atoms with Crippen LogP contribution < -0.4 is 0 Å². The van der Waals surface area contributed by atoms with Gasteiger partial charge in [-0.3, -0.25) is 0 Å². The summed E-state index contributed by atoms with van der Waals surface area (Å²) in [5.41, 5.74) is -0.472. The zero-order valence-electron chi connectivity index (χ0n) is 12.7. The van der Waals surface area contributed by atoms with E-state index in [0.717, 1.165) is 0 Å². The highest BCUT2D eigenvalue weighted by atomic mass is 28.5. The lowest BCUT2D eigenvalue weighted by Gasteiger charge is -2.38. The van der Waals surface area contributed by atoms with Gasteiger partial charge in [-0.2, -0.15) is 0 Å². The van der Waals surface area contributed by atoms with Crippen molar-refractivity contribution in [1.82, 2.24) is 0 Å². The summed E-state index contributed by atoms with van der Waals surface area (Å²) >= 11 is 0. The van der Waals surface area contributed by atoms with E-state index in [9.17, 15) is 4.80 Å². The van der Waals surface area contributed by atoms with Crippen molar-refractivity contribution in [3.63, 3.8) is 0 Å². The fourth-order valence-corrected chi connectivity index (χ4v) is 9.06. The van der Waals surface area contributed by atoms with Gasteiger partial charge in [0.15, 0.2) is 16.6 Å². The van der Waals surface area contributed by atoms with Gasteiger partial charge in [0.05, 0.1) is 5.60 Å². The average molecular weight is 297 g/mol. The van der Waals surface area contributed by atoms with Crippen molar-refractivity contribution in [2.75, 3.05) is 0 Å². The topological polar surface area (TPSA) is 47.9 Å². The van der Waals surface area contributed by atoms with E-state index >= 15 is 0 Å². The van der Waals surface area contributed by atoms with Crippen molar-refractivity contribution in [2.24, 2.45) is 0 Å². The van der Waals surface area contributed by atoms with Crippen LogP contribution in [0.3, 0.4) is 0 Å². The third-order valence-electron chi connectivity index (χ3n) is 1.31. The smallest absolute Gasteiger partial charge is 0.395 e. The molecule has 0 fully saturated rings. The summed E-state index contributed by atoms with van der Waals surface area (Å²) < 4.78 is 17.3. The predicted octanol–water partition coefficient (Wildman–Crippen LogP) is 2.93. The molecule has 0 aromatic carbocycles. The Bertz CT molecular complexity index is 209.